The predicted molar refractivity (Wildman–Crippen MR) is 70.5 cm³/mol. The summed E-state index contributed by atoms with van der Waals surface area (Å²) in [6.45, 7) is 6.38. The maximum atomic E-state index is 6.09. The highest BCUT2D eigenvalue weighted by molar-refractivity contribution is 5.83. The molecule has 0 amide bonds. The monoisotopic (exact) mass is 211 g/mol. The average Bonchev–Trinajstić information content (AvgIpc) is 2.21. The van der Waals surface area contributed by atoms with Crippen molar-refractivity contribution in [3.8, 4) is 11.1 Å². The van der Waals surface area contributed by atoms with E-state index in [2.05, 4.69) is 45.0 Å². The first-order chi connectivity index (χ1) is 7.61. The number of hydrogen-bond donors (Lipinski definition) is 1. The van der Waals surface area contributed by atoms with Gasteiger partial charge < -0.3 is 5.73 Å². The molecule has 0 aliphatic rings. The topological polar surface area (TPSA) is 26.0 Å². The molecule has 0 fully saturated rings. The number of hydrogen-bond acceptors (Lipinski definition) is 1. The standard InChI is InChI=1S/C15H17N/c1-10-6-4-7-11(2)14(10)15-12(3)8-5-9-13(15)16/h4-9H,16H2,1-3H3. The number of benzene rings is 2. The SMILES string of the molecule is Cc1cccc(C)c1-c1c(C)cccc1N. The number of anilines is 1. The predicted octanol–water partition coefficient (Wildman–Crippen LogP) is 3.86. The molecule has 2 aromatic carbocycles. The molecule has 2 aromatic rings. The normalized spacial score (nSPS) is 10.4. The lowest BCUT2D eigenvalue weighted by Crippen LogP contribution is -1.96. The van der Waals surface area contributed by atoms with Gasteiger partial charge in [0, 0.05) is 11.3 Å². The molecule has 0 aliphatic heterocycles. The molecule has 0 heterocycles. The average molecular weight is 211 g/mol. The van der Waals surface area contributed by atoms with Crippen LogP contribution >= 0.6 is 0 Å². The zero-order chi connectivity index (χ0) is 11.7. The van der Waals surface area contributed by atoms with Gasteiger partial charge in [-0.05, 0) is 49.1 Å². The van der Waals surface area contributed by atoms with Crippen molar-refractivity contribution in [1.82, 2.24) is 0 Å². The Bertz CT molecular complexity index is 437. The van der Waals surface area contributed by atoms with Crippen molar-refractivity contribution in [1.29, 1.82) is 0 Å². The molecule has 1 nitrogen and oxygen atoms in total. The Morgan fingerprint density at radius 3 is 1.62 bits per heavy atom. The van der Waals surface area contributed by atoms with Gasteiger partial charge in [-0.3, -0.25) is 0 Å². The Morgan fingerprint density at radius 2 is 1.12 bits per heavy atom. The van der Waals surface area contributed by atoms with E-state index in [1.54, 1.807) is 0 Å². The third-order valence-corrected chi connectivity index (χ3v) is 3.04. The number of rotatable bonds is 1. The molecular weight excluding hydrogens is 194 g/mol. The lowest BCUT2D eigenvalue weighted by molar-refractivity contribution is 1.35. The Kier molecular flexibility index (Phi) is 2.69. The molecule has 0 radical (unpaired) electrons. The first-order valence-electron chi connectivity index (χ1n) is 5.53. The third kappa shape index (κ3) is 1.69. The molecule has 0 saturated carbocycles. The van der Waals surface area contributed by atoms with E-state index in [4.69, 9.17) is 5.73 Å². The van der Waals surface area contributed by atoms with Crippen LogP contribution in [-0.2, 0) is 0 Å². The fraction of sp³-hybridized carbons (Fsp3) is 0.200. The summed E-state index contributed by atoms with van der Waals surface area (Å²) in [5.74, 6) is 0. The summed E-state index contributed by atoms with van der Waals surface area (Å²) in [5, 5.41) is 0. The van der Waals surface area contributed by atoms with Gasteiger partial charge in [-0.15, -0.1) is 0 Å². The summed E-state index contributed by atoms with van der Waals surface area (Å²) in [6.07, 6.45) is 0. The largest absolute Gasteiger partial charge is 0.398 e. The highest BCUT2D eigenvalue weighted by Gasteiger charge is 2.10. The highest BCUT2D eigenvalue weighted by Crippen LogP contribution is 2.33. The molecule has 0 aliphatic carbocycles. The minimum absolute atomic E-state index is 0.859. The molecule has 16 heavy (non-hydrogen) atoms. The lowest BCUT2D eigenvalue weighted by Gasteiger charge is -2.14. The maximum Gasteiger partial charge on any atom is 0.0396 e. The van der Waals surface area contributed by atoms with E-state index in [0.29, 0.717) is 0 Å². The van der Waals surface area contributed by atoms with Gasteiger partial charge in [-0.1, -0.05) is 30.3 Å². The maximum absolute atomic E-state index is 6.09. The zero-order valence-electron chi connectivity index (χ0n) is 10.0. The van der Waals surface area contributed by atoms with Crippen LogP contribution in [0.4, 0.5) is 5.69 Å². The summed E-state index contributed by atoms with van der Waals surface area (Å²) in [6, 6.07) is 12.4. The molecule has 2 N–H and O–H groups in total. The fourth-order valence-electron chi connectivity index (χ4n) is 2.24. The Hall–Kier alpha value is -1.76. The number of nitrogen functional groups attached to an aromatic ring is 1. The number of nitrogens with two attached hydrogens (primary N) is 1. The van der Waals surface area contributed by atoms with Crippen molar-refractivity contribution in [2.75, 3.05) is 5.73 Å². The van der Waals surface area contributed by atoms with Crippen LogP contribution in [0.1, 0.15) is 16.7 Å². The van der Waals surface area contributed by atoms with E-state index in [9.17, 15) is 0 Å². The van der Waals surface area contributed by atoms with E-state index in [1.807, 2.05) is 12.1 Å². The van der Waals surface area contributed by atoms with E-state index >= 15 is 0 Å². The fourth-order valence-corrected chi connectivity index (χ4v) is 2.24. The van der Waals surface area contributed by atoms with E-state index in [-0.39, 0.29) is 0 Å². The van der Waals surface area contributed by atoms with Crippen LogP contribution in [0.25, 0.3) is 11.1 Å². The minimum Gasteiger partial charge on any atom is -0.398 e. The van der Waals surface area contributed by atoms with Gasteiger partial charge >= 0.3 is 0 Å². The van der Waals surface area contributed by atoms with Gasteiger partial charge in [-0.2, -0.15) is 0 Å². The lowest BCUT2D eigenvalue weighted by atomic mass is 9.91. The Labute approximate surface area is 96.9 Å². The summed E-state index contributed by atoms with van der Waals surface area (Å²) in [5.41, 5.74) is 13.2. The molecule has 2 rings (SSSR count). The van der Waals surface area contributed by atoms with Crippen LogP contribution in [0.15, 0.2) is 36.4 Å². The smallest absolute Gasteiger partial charge is 0.0396 e. The second-order valence-corrected chi connectivity index (χ2v) is 4.31. The summed E-state index contributed by atoms with van der Waals surface area (Å²) >= 11 is 0. The van der Waals surface area contributed by atoms with Crippen molar-refractivity contribution in [3.05, 3.63) is 53.1 Å². The van der Waals surface area contributed by atoms with E-state index < -0.39 is 0 Å². The minimum atomic E-state index is 0.859. The first-order valence-corrected chi connectivity index (χ1v) is 5.53. The van der Waals surface area contributed by atoms with Crippen LogP contribution in [-0.4, -0.2) is 0 Å². The van der Waals surface area contributed by atoms with E-state index in [0.717, 1.165) is 5.69 Å². The molecule has 0 saturated heterocycles. The molecular formula is C15H17N. The number of aryl methyl sites for hydroxylation is 3. The molecule has 82 valence electrons. The second-order valence-electron chi connectivity index (χ2n) is 4.31. The zero-order valence-corrected chi connectivity index (χ0v) is 10.0. The molecule has 0 spiro atoms. The van der Waals surface area contributed by atoms with Gasteiger partial charge in [0.25, 0.3) is 0 Å². The van der Waals surface area contributed by atoms with Crippen molar-refractivity contribution in [2.45, 2.75) is 20.8 Å². The molecule has 0 atom stereocenters. The van der Waals surface area contributed by atoms with Crippen molar-refractivity contribution < 1.29 is 0 Å². The van der Waals surface area contributed by atoms with Crippen LogP contribution < -0.4 is 5.73 Å². The summed E-state index contributed by atoms with van der Waals surface area (Å²) in [4.78, 5) is 0. The van der Waals surface area contributed by atoms with Gasteiger partial charge in [0.2, 0.25) is 0 Å². The first kappa shape index (κ1) is 10.7. The van der Waals surface area contributed by atoms with Crippen LogP contribution in [0, 0.1) is 20.8 Å². The third-order valence-electron chi connectivity index (χ3n) is 3.04. The van der Waals surface area contributed by atoms with Crippen molar-refractivity contribution in [2.24, 2.45) is 0 Å². The van der Waals surface area contributed by atoms with Gasteiger partial charge in [-0.25, -0.2) is 0 Å². The molecule has 0 aromatic heterocycles. The van der Waals surface area contributed by atoms with E-state index in [1.165, 1.54) is 27.8 Å². The van der Waals surface area contributed by atoms with Crippen molar-refractivity contribution in [3.63, 3.8) is 0 Å². The van der Waals surface area contributed by atoms with Crippen LogP contribution in [0.3, 0.4) is 0 Å². The highest BCUT2D eigenvalue weighted by atomic mass is 14.6. The quantitative estimate of drug-likeness (QED) is 0.712. The Morgan fingerprint density at radius 1 is 0.688 bits per heavy atom. The molecule has 0 bridgehead atoms. The van der Waals surface area contributed by atoms with Crippen LogP contribution in [0.2, 0.25) is 0 Å². The van der Waals surface area contributed by atoms with Gasteiger partial charge in [0.05, 0.1) is 0 Å². The molecule has 1 heteroatoms. The van der Waals surface area contributed by atoms with Gasteiger partial charge in [0.15, 0.2) is 0 Å². The second kappa shape index (κ2) is 4.01. The van der Waals surface area contributed by atoms with Crippen molar-refractivity contribution >= 4 is 5.69 Å². The summed E-state index contributed by atoms with van der Waals surface area (Å²) in [7, 11) is 0. The van der Waals surface area contributed by atoms with Crippen LogP contribution in [0.5, 0.6) is 0 Å². The molecule has 0 unspecified atom stereocenters. The van der Waals surface area contributed by atoms with Gasteiger partial charge in [0.1, 0.15) is 0 Å². The Balaban J connectivity index is 2.77. The summed E-state index contributed by atoms with van der Waals surface area (Å²) < 4.78 is 0.